The largest absolute Gasteiger partial charge is 0.412 e. The standard InChI is InChI=1S/In.HNO3.H2O/c;2-1(3)4;/h;(H,2,3,4);1H2. The van der Waals surface area contributed by atoms with E-state index in [1.807, 2.05) is 0 Å². The average molecular weight is 196 g/mol. The van der Waals surface area contributed by atoms with Crippen LogP contribution < -0.4 is 0 Å². The first kappa shape index (κ1) is 16.6. The number of rotatable bonds is 0. The number of hydrogen-bond donors (Lipinski definition) is 1. The van der Waals surface area contributed by atoms with Crippen LogP contribution >= 0.6 is 0 Å². The minimum atomic E-state index is -1.50. The maximum absolute atomic E-state index is 8.36. The van der Waals surface area contributed by atoms with Crippen molar-refractivity contribution in [3.8, 4) is 0 Å². The molecule has 35 valence electrons. The molecule has 0 rings (SSSR count). The summed E-state index contributed by atoms with van der Waals surface area (Å²) in [6.07, 6.45) is 0. The van der Waals surface area contributed by atoms with Crippen molar-refractivity contribution in [2.45, 2.75) is 0 Å². The molecule has 0 spiro atoms. The van der Waals surface area contributed by atoms with Crippen LogP contribution in [-0.2, 0) is 0 Å². The van der Waals surface area contributed by atoms with E-state index in [2.05, 4.69) is 0 Å². The van der Waals surface area contributed by atoms with Crippen LogP contribution in [0.5, 0.6) is 0 Å². The molecule has 5 nitrogen and oxygen atoms in total. The molecule has 0 fully saturated rings. The average Bonchev–Trinajstić information content (AvgIpc) is 0.811. The van der Waals surface area contributed by atoms with Gasteiger partial charge in [0, 0.05) is 25.8 Å². The quantitative estimate of drug-likeness (QED) is 0.375. The Morgan fingerprint density at radius 1 is 1.67 bits per heavy atom. The molecule has 0 aliphatic heterocycles. The fourth-order valence-corrected chi connectivity index (χ4v) is 0. The van der Waals surface area contributed by atoms with E-state index in [-0.39, 0.29) is 31.3 Å². The monoisotopic (exact) mass is 196 g/mol. The summed E-state index contributed by atoms with van der Waals surface area (Å²) >= 11 is 0. The van der Waals surface area contributed by atoms with Gasteiger partial charge in [0.2, 0.25) is 0 Å². The van der Waals surface area contributed by atoms with Gasteiger partial charge in [-0.3, -0.25) is 0 Å². The molecule has 0 unspecified atom stereocenters. The number of nitrogens with zero attached hydrogens (tertiary/aromatic N) is 1. The maximum Gasteiger partial charge on any atom is 0.291 e. The summed E-state index contributed by atoms with van der Waals surface area (Å²) in [7, 11) is 0. The van der Waals surface area contributed by atoms with Crippen molar-refractivity contribution in [1.82, 2.24) is 0 Å². The second kappa shape index (κ2) is 8.90. The summed E-state index contributed by atoms with van der Waals surface area (Å²) in [4.78, 5) is 8.36. The Hall–Kier alpha value is 0.0301. The maximum atomic E-state index is 8.36. The van der Waals surface area contributed by atoms with E-state index in [4.69, 9.17) is 15.3 Å². The zero-order valence-corrected chi connectivity index (χ0v) is 6.08. The third-order valence-corrected chi connectivity index (χ3v) is 0. The fourth-order valence-electron chi connectivity index (χ4n) is 0. The van der Waals surface area contributed by atoms with Crippen molar-refractivity contribution in [2.24, 2.45) is 0 Å². The molecule has 0 aromatic carbocycles. The fraction of sp³-hybridized carbons (Fsp3) is 0. The van der Waals surface area contributed by atoms with E-state index in [1.54, 1.807) is 0 Å². The van der Waals surface area contributed by atoms with Gasteiger partial charge in [0.1, 0.15) is 0 Å². The Kier molecular flexibility index (Phi) is 24.6. The van der Waals surface area contributed by atoms with Gasteiger partial charge in [0.15, 0.2) is 0 Å². The second-order valence-electron chi connectivity index (χ2n) is 0.238. The molecular weight excluding hydrogens is 193 g/mol. The smallest absolute Gasteiger partial charge is 0.291 e. The van der Waals surface area contributed by atoms with Gasteiger partial charge in [-0.1, -0.05) is 0 Å². The first-order valence-corrected chi connectivity index (χ1v) is 0.565. The van der Waals surface area contributed by atoms with Gasteiger partial charge in [-0.2, -0.15) is 0 Å². The molecule has 0 aliphatic rings. The zero-order valence-electron chi connectivity index (χ0n) is 2.79. The van der Waals surface area contributed by atoms with Gasteiger partial charge in [0.05, 0.1) is 0 Å². The van der Waals surface area contributed by atoms with Crippen LogP contribution in [0.15, 0.2) is 0 Å². The molecule has 0 aromatic heterocycles. The molecule has 0 aromatic rings. The van der Waals surface area contributed by atoms with Crippen molar-refractivity contribution in [3.05, 3.63) is 10.1 Å². The van der Waals surface area contributed by atoms with Crippen LogP contribution in [0.25, 0.3) is 0 Å². The van der Waals surface area contributed by atoms with E-state index in [0.29, 0.717) is 0 Å². The van der Waals surface area contributed by atoms with Crippen molar-refractivity contribution in [3.63, 3.8) is 0 Å². The normalized spacial score (nSPS) is 4.00. The van der Waals surface area contributed by atoms with Gasteiger partial charge in [-0.05, 0) is 0 Å². The topological polar surface area (TPSA) is 94.9 Å². The Bertz CT molecular complexity index is 30.5. The minimum Gasteiger partial charge on any atom is -0.412 e. The Morgan fingerprint density at radius 3 is 1.67 bits per heavy atom. The molecule has 3 N–H and O–H groups in total. The Balaban J connectivity index is -0.0000000450. The first-order chi connectivity index (χ1) is 1.73. The minimum absolute atomic E-state index is 0. The SMILES string of the molecule is O.O=[N+]([O-])O.[In]. The second-order valence-corrected chi connectivity index (χ2v) is 0.238. The summed E-state index contributed by atoms with van der Waals surface area (Å²) < 4.78 is 0. The van der Waals surface area contributed by atoms with Crippen LogP contribution in [0.1, 0.15) is 0 Å². The first-order valence-electron chi connectivity index (χ1n) is 0.565. The molecule has 0 heterocycles. The van der Waals surface area contributed by atoms with Gasteiger partial charge in [-0.15, -0.1) is 10.1 Å². The van der Waals surface area contributed by atoms with Gasteiger partial charge in [0.25, 0.3) is 5.09 Å². The summed E-state index contributed by atoms with van der Waals surface area (Å²) in [5.41, 5.74) is 0. The van der Waals surface area contributed by atoms with E-state index in [1.165, 1.54) is 0 Å². The summed E-state index contributed by atoms with van der Waals surface area (Å²) in [5, 5.41) is 13.6. The van der Waals surface area contributed by atoms with Crippen LogP contribution in [0, 0.1) is 10.1 Å². The van der Waals surface area contributed by atoms with Crippen molar-refractivity contribution < 1.29 is 15.8 Å². The Morgan fingerprint density at radius 2 is 1.67 bits per heavy atom. The molecule has 0 saturated carbocycles. The van der Waals surface area contributed by atoms with Crippen LogP contribution in [0.3, 0.4) is 0 Å². The van der Waals surface area contributed by atoms with Crippen LogP contribution in [-0.4, -0.2) is 41.6 Å². The third kappa shape index (κ3) is 40800. The molecular formula is H3InNO4. The molecule has 0 atom stereocenters. The van der Waals surface area contributed by atoms with E-state index in [9.17, 15) is 0 Å². The summed E-state index contributed by atoms with van der Waals surface area (Å²) in [6.45, 7) is 0. The van der Waals surface area contributed by atoms with Crippen molar-refractivity contribution in [1.29, 1.82) is 0 Å². The third-order valence-electron chi connectivity index (χ3n) is 0. The summed E-state index contributed by atoms with van der Waals surface area (Å²) in [6, 6.07) is 0. The van der Waals surface area contributed by atoms with E-state index in [0.717, 1.165) is 0 Å². The van der Waals surface area contributed by atoms with Crippen molar-refractivity contribution >= 4 is 25.8 Å². The van der Waals surface area contributed by atoms with Gasteiger partial charge in [-0.25, -0.2) is 0 Å². The zero-order chi connectivity index (χ0) is 3.58. The van der Waals surface area contributed by atoms with Crippen LogP contribution in [0.2, 0.25) is 0 Å². The molecule has 0 amide bonds. The predicted molar refractivity (Wildman–Crippen MR) is 18.1 cm³/mol. The number of hydrogen-bond acceptors (Lipinski definition) is 2. The van der Waals surface area contributed by atoms with E-state index < -0.39 is 5.09 Å². The van der Waals surface area contributed by atoms with Gasteiger partial charge < -0.3 is 10.7 Å². The van der Waals surface area contributed by atoms with Gasteiger partial charge >= 0.3 is 0 Å². The molecule has 0 aliphatic carbocycles. The Labute approximate surface area is 52.2 Å². The van der Waals surface area contributed by atoms with Crippen molar-refractivity contribution in [2.75, 3.05) is 0 Å². The van der Waals surface area contributed by atoms with Crippen LogP contribution in [0.4, 0.5) is 0 Å². The molecule has 0 bridgehead atoms. The predicted octanol–water partition coefficient (Wildman–Crippen LogP) is -1.55. The molecule has 3 radical (unpaired) electrons. The molecule has 0 saturated heterocycles. The molecule has 6 heteroatoms. The molecule has 6 heavy (non-hydrogen) atoms. The van der Waals surface area contributed by atoms with E-state index >= 15 is 0 Å². The summed E-state index contributed by atoms with van der Waals surface area (Å²) in [5.74, 6) is 0.